The third-order valence-corrected chi connectivity index (χ3v) is 2.30. The molecule has 0 radical (unpaired) electrons. The number of hydrogen-bond donors (Lipinski definition) is 0. The summed E-state index contributed by atoms with van der Waals surface area (Å²) in [6.45, 7) is 0. The van der Waals surface area contributed by atoms with Gasteiger partial charge in [-0.05, 0) is 23.2 Å². The highest BCUT2D eigenvalue weighted by atomic mass is 35.5. The Labute approximate surface area is 104 Å². The molecule has 0 bridgehead atoms. The predicted molar refractivity (Wildman–Crippen MR) is 67.4 cm³/mol. The molecule has 2 nitrogen and oxygen atoms in total. The van der Waals surface area contributed by atoms with Gasteiger partial charge in [0.25, 0.3) is 0 Å². The van der Waals surface area contributed by atoms with Crippen molar-refractivity contribution in [2.24, 2.45) is 0 Å². The topological polar surface area (TPSA) is 25.8 Å². The molecular formula is C12H8Cl2N2. The fraction of sp³-hybridized carbons (Fsp3) is 0. The number of aromatic nitrogens is 2. The minimum Gasteiger partial charge on any atom is -0.218 e. The fourth-order valence-electron chi connectivity index (χ4n) is 1.24. The number of halogens is 2. The van der Waals surface area contributed by atoms with Crippen LogP contribution in [-0.4, -0.2) is 9.97 Å². The van der Waals surface area contributed by atoms with Gasteiger partial charge in [-0.15, -0.1) is 0 Å². The van der Waals surface area contributed by atoms with Crippen molar-refractivity contribution in [3.8, 4) is 0 Å². The molecule has 0 aliphatic carbocycles. The summed E-state index contributed by atoms with van der Waals surface area (Å²) in [5.41, 5.74) is 1.78. The van der Waals surface area contributed by atoms with E-state index in [1.54, 1.807) is 6.07 Å². The van der Waals surface area contributed by atoms with Crippen LogP contribution in [0.25, 0.3) is 12.2 Å². The van der Waals surface area contributed by atoms with Gasteiger partial charge in [0.1, 0.15) is 5.15 Å². The molecule has 1 aromatic carbocycles. The number of rotatable bonds is 2. The van der Waals surface area contributed by atoms with Gasteiger partial charge in [-0.1, -0.05) is 48.0 Å². The second-order valence-corrected chi connectivity index (χ2v) is 3.85. The van der Waals surface area contributed by atoms with Crippen molar-refractivity contribution >= 4 is 35.4 Å². The van der Waals surface area contributed by atoms with Crippen molar-refractivity contribution in [3.63, 3.8) is 0 Å². The second-order valence-electron chi connectivity index (χ2n) is 3.13. The summed E-state index contributed by atoms with van der Waals surface area (Å²) in [5, 5.41) is 0.493. The van der Waals surface area contributed by atoms with Gasteiger partial charge in [-0.3, -0.25) is 0 Å². The molecular weight excluding hydrogens is 243 g/mol. The molecule has 0 aliphatic heterocycles. The number of benzene rings is 1. The molecule has 4 heteroatoms. The zero-order valence-electron chi connectivity index (χ0n) is 8.27. The van der Waals surface area contributed by atoms with Gasteiger partial charge in [0, 0.05) is 6.07 Å². The fourth-order valence-corrected chi connectivity index (χ4v) is 1.66. The van der Waals surface area contributed by atoms with Gasteiger partial charge < -0.3 is 0 Å². The molecule has 0 spiro atoms. The first-order chi connectivity index (χ1) is 7.74. The molecule has 2 rings (SSSR count). The maximum atomic E-state index is 5.76. The summed E-state index contributed by atoms with van der Waals surface area (Å²) in [7, 11) is 0. The molecule has 16 heavy (non-hydrogen) atoms. The van der Waals surface area contributed by atoms with Crippen LogP contribution in [0, 0.1) is 0 Å². The lowest BCUT2D eigenvalue weighted by Crippen LogP contribution is -1.86. The molecule has 0 N–H and O–H groups in total. The highest BCUT2D eigenvalue weighted by molar-refractivity contribution is 6.31. The van der Waals surface area contributed by atoms with Crippen LogP contribution in [0.2, 0.25) is 10.4 Å². The Hall–Kier alpha value is -1.38. The summed E-state index contributed by atoms with van der Waals surface area (Å²) in [6, 6.07) is 11.6. The smallest absolute Gasteiger partial charge is 0.218 e. The molecule has 1 heterocycles. The van der Waals surface area contributed by atoms with Crippen molar-refractivity contribution in [3.05, 3.63) is 58.1 Å². The third-order valence-electron chi connectivity index (χ3n) is 1.93. The molecule has 0 amide bonds. The molecule has 80 valence electrons. The number of hydrogen-bond acceptors (Lipinski definition) is 2. The Balaban J connectivity index is 2.24. The van der Waals surface area contributed by atoms with Gasteiger partial charge in [-0.25, -0.2) is 9.97 Å². The van der Waals surface area contributed by atoms with Gasteiger partial charge in [0.15, 0.2) is 0 Å². The summed E-state index contributed by atoms with van der Waals surface area (Å²) in [6.07, 6.45) is 3.78. The first-order valence-corrected chi connectivity index (χ1v) is 5.43. The van der Waals surface area contributed by atoms with E-state index in [0.717, 1.165) is 5.56 Å². The Bertz CT molecular complexity index is 489. The predicted octanol–water partition coefficient (Wildman–Crippen LogP) is 3.95. The van der Waals surface area contributed by atoms with Gasteiger partial charge in [0.05, 0.1) is 5.69 Å². The lowest BCUT2D eigenvalue weighted by atomic mass is 10.2. The Morgan fingerprint density at radius 3 is 2.38 bits per heavy atom. The molecule has 0 aliphatic rings. The minimum atomic E-state index is 0.153. The summed E-state index contributed by atoms with van der Waals surface area (Å²) < 4.78 is 0. The molecule has 0 saturated carbocycles. The van der Waals surface area contributed by atoms with E-state index in [1.165, 1.54) is 0 Å². The highest BCUT2D eigenvalue weighted by Gasteiger charge is 1.97. The average molecular weight is 251 g/mol. The maximum Gasteiger partial charge on any atom is 0.224 e. The minimum absolute atomic E-state index is 0.153. The van der Waals surface area contributed by atoms with Crippen LogP contribution in [0.4, 0.5) is 0 Å². The zero-order chi connectivity index (χ0) is 11.4. The van der Waals surface area contributed by atoms with E-state index in [0.29, 0.717) is 10.8 Å². The van der Waals surface area contributed by atoms with Crippen molar-refractivity contribution in [2.45, 2.75) is 0 Å². The van der Waals surface area contributed by atoms with Gasteiger partial charge in [0.2, 0.25) is 5.28 Å². The SMILES string of the molecule is Clc1cc(C=Cc2ccccc2)nc(Cl)n1. The third kappa shape index (κ3) is 3.05. The van der Waals surface area contributed by atoms with E-state index in [2.05, 4.69) is 9.97 Å². The van der Waals surface area contributed by atoms with Gasteiger partial charge >= 0.3 is 0 Å². The van der Waals surface area contributed by atoms with Crippen LogP contribution in [0.5, 0.6) is 0 Å². The van der Waals surface area contributed by atoms with E-state index in [9.17, 15) is 0 Å². The van der Waals surface area contributed by atoms with Crippen molar-refractivity contribution < 1.29 is 0 Å². The largest absolute Gasteiger partial charge is 0.224 e. The highest BCUT2D eigenvalue weighted by Crippen LogP contribution is 2.13. The van der Waals surface area contributed by atoms with Crippen LogP contribution in [0.3, 0.4) is 0 Å². The van der Waals surface area contributed by atoms with Crippen LogP contribution >= 0.6 is 23.2 Å². The zero-order valence-corrected chi connectivity index (χ0v) is 9.78. The van der Waals surface area contributed by atoms with E-state index >= 15 is 0 Å². The van der Waals surface area contributed by atoms with Crippen molar-refractivity contribution in [1.29, 1.82) is 0 Å². The van der Waals surface area contributed by atoms with Crippen LogP contribution in [0.1, 0.15) is 11.3 Å². The quantitative estimate of drug-likeness (QED) is 0.596. The summed E-state index contributed by atoms with van der Waals surface area (Å²) in [4.78, 5) is 7.81. The molecule has 0 atom stereocenters. The van der Waals surface area contributed by atoms with Crippen LogP contribution in [0.15, 0.2) is 36.4 Å². The second kappa shape index (κ2) is 5.10. The van der Waals surface area contributed by atoms with Crippen molar-refractivity contribution in [1.82, 2.24) is 9.97 Å². The standard InChI is InChI=1S/C12H8Cl2N2/c13-11-8-10(15-12(14)16-11)7-6-9-4-2-1-3-5-9/h1-8H. The van der Waals surface area contributed by atoms with Crippen molar-refractivity contribution in [2.75, 3.05) is 0 Å². The average Bonchev–Trinajstić information content (AvgIpc) is 2.27. The maximum absolute atomic E-state index is 5.76. The lowest BCUT2D eigenvalue weighted by Gasteiger charge is -1.95. The van der Waals surface area contributed by atoms with Crippen LogP contribution in [-0.2, 0) is 0 Å². The molecule has 0 unspecified atom stereocenters. The first-order valence-electron chi connectivity index (χ1n) is 4.67. The molecule has 1 aromatic heterocycles. The Kier molecular flexibility index (Phi) is 3.54. The monoisotopic (exact) mass is 250 g/mol. The Morgan fingerprint density at radius 1 is 0.938 bits per heavy atom. The van der Waals surface area contributed by atoms with E-state index in [1.807, 2.05) is 42.5 Å². The number of nitrogens with zero attached hydrogens (tertiary/aromatic N) is 2. The van der Waals surface area contributed by atoms with Crippen LogP contribution < -0.4 is 0 Å². The van der Waals surface area contributed by atoms with E-state index < -0.39 is 0 Å². The van der Waals surface area contributed by atoms with Gasteiger partial charge in [-0.2, -0.15) is 0 Å². The summed E-state index contributed by atoms with van der Waals surface area (Å²) >= 11 is 11.5. The Morgan fingerprint density at radius 2 is 1.69 bits per heavy atom. The first kappa shape index (κ1) is 11.1. The molecule has 2 aromatic rings. The normalized spacial score (nSPS) is 10.9. The molecule has 0 saturated heterocycles. The van der Waals surface area contributed by atoms with E-state index in [-0.39, 0.29) is 5.28 Å². The molecule has 0 fully saturated rings. The lowest BCUT2D eigenvalue weighted by molar-refractivity contribution is 1.15. The van der Waals surface area contributed by atoms with E-state index in [4.69, 9.17) is 23.2 Å². The summed E-state index contributed by atoms with van der Waals surface area (Å²) in [5.74, 6) is 0.